The maximum absolute atomic E-state index is 12.7. The maximum atomic E-state index is 12.7. The van der Waals surface area contributed by atoms with Gasteiger partial charge in [0.1, 0.15) is 11.3 Å². The third-order valence-corrected chi connectivity index (χ3v) is 4.51. The van der Waals surface area contributed by atoms with Crippen molar-refractivity contribution in [2.45, 2.75) is 19.8 Å². The Hall–Kier alpha value is -3.48. The highest BCUT2D eigenvalue weighted by atomic mass is 16.5. The van der Waals surface area contributed by atoms with E-state index in [9.17, 15) is 9.59 Å². The lowest BCUT2D eigenvalue weighted by Crippen LogP contribution is -2.18. The Morgan fingerprint density at radius 1 is 1.03 bits per heavy atom. The molecule has 1 aromatic heterocycles. The molecule has 0 saturated carbocycles. The van der Waals surface area contributed by atoms with Crippen molar-refractivity contribution in [2.75, 3.05) is 26.6 Å². The molecule has 152 valence electrons. The summed E-state index contributed by atoms with van der Waals surface area (Å²) >= 11 is 0. The molecular weight excluding hydrogens is 374 g/mol. The molecule has 0 fully saturated rings. The lowest BCUT2D eigenvalue weighted by molar-refractivity contribution is -0.116. The van der Waals surface area contributed by atoms with Crippen molar-refractivity contribution in [3.05, 3.63) is 46.8 Å². The van der Waals surface area contributed by atoms with Crippen LogP contribution in [0.3, 0.4) is 0 Å². The van der Waals surface area contributed by atoms with E-state index in [4.69, 9.17) is 18.6 Å². The molecule has 0 saturated heterocycles. The number of carbonyl (C=O) groups is 1. The summed E-state index contributed by atoms with van der Waals surface area (Å²) in [6.45, 7) is 1.89. The maximum Gasteiger partial charge on any atom is 0.360 e. The van der Waals surface area contributed by atoms with Gasteiger partial charge in [-0.1, -0.05) is 25.1 Å². The number of anilines is 1. The number of rotatable bonds is 7. The van der Waals surface area contributed by atoms with Crippen LogP contribution in [0.15, 0.2) is 45.6 Å². The molecule has 1 heterocycles. The number of amides is 1. The van der Waals surface area contributed by atoms with Crippen molar-refractivity contribution in [3.8, 4) is 28.4 Å². The van der Waals surface area contributed by atoms with E-state index in [0.717, 1.165) is 0 Å². The van der Waals surface area contributed by atoms with Crippen molar-refractivity contribution in [3.63, 3.8) is 0 Å². The Morgan fingerprint density at radius 3 is 2.28 bits per heavy atom. The SMILES string of the molecule is CCCC(=O)Nc1c(-c2cc(OC)c(OC)c(OC)c2)c2ccccc2oc1=O. The molecule has 0 unspecified atom stereocenters. The Labute approximate surface area is 168 Å². The lowest BCUT2D eigenvalue weighted by Gasteiger charge is -2.17. The van der Waals surface area contributed by atoms with E-state index >= 15 is 0 Å². The molecule has 3 rings (SSSR count). The fourth-order valence-corrected chi connectivity index (χ4v) is 3.22. The zero-order valence-corrected chi connectivity index (χ0v) is 16.8. The summed E-state index contributed by atoms with van der Waals surface area (Å²) in [5.41, 5.74) is 1.01. The number of fused-ring (bicyclic) bond motifs is 1. The van der Waals surface area contributed by atoms with Crippen LogP contribution in [0, 0.1) is 0 Å². The zero-order chi connectivity index (χ0) is 21.0. The summed E-state index contributed by atoms with van der Waals surface area (Å²) in [6.07, 6.45) is 0.950. The van der Waals surface area contributed by atoms with Gasteiger partial charge >= 0.3 is 5.63 Å². The minimum Gasteiger partial charge on any atom is -0.493 e. The lowest BCUT2D eigenvalue weighted by atomic mass is 9.99. The first kappa shape index (κ1) is 20.3. The molecule has 7 nitrogen and oxygen atoms in total. The number of nitrogens with one attached hydrogen (secondary N) is 1. The summed E-state index contributed by atoms with van der Waals surface area (Å²) in [4.78, 5) is 25.0. The smallest absolute Gasteiger partial charge is 0.360 e. The summed E-state index contributed by atoms with van der Waals surface area (Å²) in [5.74, 6) is 1.04. The molecule has 1 N–H and O–H groups in total. The molecule has 1 amide bonds. The predicted molar refractivity (Wildman–Crippen MR) is 111 cm³/mol. The first-order chi connectivity index (χ1) is 14.0. The number of carbonyl (C=O) groups excluding carboxylic acids is 1. The van der Waals surface area contributed by atoms with Gasteiger partial charge < -0.3 is 23.9 Å². The van der Waals surface area contributed by atoms with Gasteiger partial charge in [0.25, 0.3) is 0 Å². The average Bonchev–Trinajstić information content (AvgIpc) is 2.73. The third-order valence-electron chi connectivity index (χ3n) is 4.51. The number of para-hydroxylation sites is 1. The minimum atomic E-state index is -0.628. The van der Waals surface area contributed by atoms with Gasteiger partial charge in [0.05, 0.1) is 21.3 Å². The van der Waals surface area contributed by atoms with Crippen molar-refractivity contribution in [2.24, 2.45) is 0 Å². The van der Waals surface area contributed by atoms with Crippen molar-refractivity contribution in [1.82, 2.24) is 0 Å². The van der Waals surface area contributed by atoms with Crippen LogP contribution in [-0.2, 0) is 4.79 Å². The molecule has 29 heavy (non-hydrogen) atoms. The van der Waals surface area contributed by atoms with Crippen LogP contribution in [0.5, 0.6) is 17.2 Å². The summed E-state index contributed by atoms with van der Waals surface area (Å²) in [5, 5.41) is 3.39. The van der Waals surface area contributed by atoms with Gasteiger partial charge in [-0.15, -0.1) is 0 Å². The number of hydrogen-bond donors (Lipinski definition) is 1. The van der Waals surface area contributed by atoms with Gasteiger partial charge in [-0.05, 0) is 30.2 Å². The topological polar surface area (TPSA) is 87.0 Å². The van der Waals surface area contributed by atoms with E-state index in [-0.39, 0.29) is 11.6 Å². The summed E-state index contributed by atoms with van der Waals surface area (Å²) < 4.78 is 21.7. The molecular formula is C22H23NO6. The van der Waals surface area contributed by atoms with Crippen LogP contribution in [0.25, 0.3) is 22.1 Å². The molecule has 0 aliphatic rings. The Bertz CT molecular complexity index is 1080. The minimum absolute atomic E-state index is 0.0800. The first-order valence-corrected chi connectivity index (χ1v) is 9.20. The second kappa shape index (κ2) is 8.68. The summed E-state index contributed by atoms with van der Waals surface area (Å²) in [7, 11) is 4.55. The largest absolute Gasteiger partial charge is 0.493 e. The van der Waals surface area contributed by atoms with Gasteiger partial charge in [-0.2, -0.15) is 0 Å². The molecule has 0 aliphatic heterocycles. The van der Waals surface area contributed by atoms with Crippen LogP contribution < -0.4 is 25.2 Å². The van der Waals surface area contributed by atoms with E-state index in [1.807, 2.05) is 19.1 Å². The molecule has 0 radical (unpaired) electrons. The quantitative estimate of drug-likeness (QED) is 0.601. The second-order valence-corrected chi connectivity index (χ2v) is 6.35. The molecule has 0 bridgehead atoms. The Morgan fingerprint density at radius 2 is 1.69 bits per heavy atom. The van der Waals surface area contributed by atoms with Crippen LogP contribution in [0.1, 0.15) is 19.8 Å². The van der Waals surface area contributed by atoms with Crippen molar-refractivity contribution < 1.29 is 23.4 Å². The monoisotopic (exact) mass is 397 g/mol. The molecule has 0 aliphatic carbocycles. The normalized spacial score (nSPS) is 10.6. The molecule has 7 heteroatoms. The van der Waals surface area contributed by atoms with Gasteiger partial charge in [-0.25, -0.2) is 4.79 Å². The number of benzene rings is 2. The van der Waals surface area contributed by atoms with Gasteiger partial charge in [-0.3, -0.25) is 4.79 Å². The predicted octanol–water partition coefficient (Wildman–Crippen LogP) is 4.22. The third kappa shape index (κ3) is 3.89. The number of ether oxygens (including phenoxy) is 3. The van der Waals surface area contributed by atoms with E-state index in [1.54, 1.807) is 24.3 Å². The molecule has 2 aromatic carbocycles. The fourth-order valence-electron chi connectivity index (χ4n) is 3.22. The average molecular weight is 397 g/mol. The standard InChI is InChI=1S/C22H23NO6/c1-5-8-18(24)23-20-19(14-9-6-7-10-15(14)29-22(20)25)13-11-16(26-2)21(28-4)17(12-13)27-3/h6-7,9-12H,5,8H2,1-4H3,(H,23,24). The highest BCUT2D eigenvalue weighted by Gasteiger charge is 2.21. The van der Waals surface area contributed by atoms with Crippen molar-refractivity contribution in [1.29, 1.82) is 0 Å². The molecule has 3 aromatic rings. The van der Waals surface area contributed by atoms with E-state index in [0.29, 0.717) is 52.2 Å². The zero-order valence-electron chi connectivity index (χ0n) is 16.8. The number of methoxy groups -OCH3 is 3. The molecule has 0 atom stereocenters. The Balaban J connectivity index is 2.35. The molecule has 0 spiro atoms. The van der Waals surface area contributed by atoms with E-state index in [2.05, 4.69) is 5.32 Å². The highest BCUT2D eigenvalue weighted by molar-refractivity contribution is 6.04. The number of hydrogen-bond acceptors (Lipinski definition) is 6. The van der Waals surface area contributed by atoms with E-state index in [1.165, 1.54) is 21.3 Å². The second-order valence-electron chi connectivity index (χ2n) is 6.35. The van der Waals surface area contributed by atoms with Gasteiger partial charge in [0.2, 0.25) is 11.7 Å². The summed E-state index contributed by atoms with van der Waals surface area (Å²) in [6, 6.07) is 10.6. The Kier molecular flexibility index (Phi) is 6.07. The van der Waals surface area contributed by atoms with E-state index < -0.39 is 5.63 Å². The first-order valence-electron chi connectivity index (χ1n) is 9.20. The van der Waals surface area contributed by atoms with Gasteiger partial charge in [0, 0.05) is 17.4 Å². The fraction of sp³-hybridized carbons (Fsp3) is 0.273. The van der Waals surface area contributed by atoms with Crippen LogP contribution in [0.2, 0.25) is 0 Å². The van der Waals surface area contributed by atoms with Crippen LogP contribution in [0.4, 0.5) is 5.69 Å². The van der Waals surface area contributed by atoms with Crippen LogP contribution in [-0.4, -0.2) is 27.2 Å². The highest BCUT2D eigenvalue weighted by Crippen LogP contribution is 2.44. The van der Waals surface area contributed by atoms with Crippen LogP contribution >= 0.6 is 0 Å². The van der Waals surface area contributed by atoms with Gasteiger partial charge in [0.15, 0.2) is 11.5 Å². The van der Waals surface area contributed by atoms with Crippen molar-refractivity contribution >= 4 is 22.6 Å².